The van der Waals surface area contributed by atoms with Crippen LogP contribution in [0, 0.1) is 16.0 Å². The van der Waals surface area contributed by atoms with E-state index in [2.05, 4.69) is 26.0 Å². The summed E-state index contributed by atoms with van der Waals surface area (Å²) in [6, 6.07) is -1.55. The molecule has 11 atom stereocenters. The summed E-state index contributed by atoms with van der Waals surface area (Å²) in [6.07, 6.45) is -12.4. The number of aliphatic hydroxyl groups excluding tert-OH is 2. The number of amides is 5. The summed E-state index contributed by atoms with van der Waals surface area (Å²) in [6.45, 7) is 19.5. The first-order chi connectivity index (χ1) is 35.6. The molecular weight excluding hydrogens is 1050 g/mol. The minimum atomic E-state index is -4.62. The fourth-order valence-corrected chi connectivity index (χ4v) is 10.8. The molecular formula is C50H79N7O20S. The first kappa shape index (κ1) is 63.2. The topological polar surface area (TPSA) is 372 Å². The predicted octanol–water partition coefficient (Wildman–Crippen LogP) is 2.71. The summed E-state index contributed by atoms with van der Waals surface area (Å²) >= 11 is 0. The molecule has 2 heterocycles. The van der Waals surface area contributed by atoms with E-state index in [0.717, 1.165) is 17.0 Å². The van der Waals surface area contributed by atoms with Crippen molar-refractivity contribution >= 4 is 46.0 Å². The van der Waals surface area contributed by atoms with Crippen LogP contribution in [-0.4, -0.2) is 184 Å². The molecule has 0 bridgehead atoms. The molecule has 3 fully saturated rings. The molecule has 0 radical (unpaired) electrons. The number of likely N-dealkylation sites (N-methyl/N-ethyl adjacent to an activating group) is 1. The lowest BCUT2D eigenvalue weighted by molar-refractivity contribution is -0.387. The van der Waals surface area contributed by atoms with Gasteiger partial charge in [-0.25, -0.2) is 32.3 Å². The Balaban J connectivity index is 1.59. The second kappa shape index (κ2) is 23.6. The number of nitrogens with one attached hydrogen (secondary N) is 5. The van der Waals surface area contributed by atoms with Gasteiger partial charge in [-0.15, -0.1) is 0 Å². The third kappa shape index (κ3) is 16.7. The summed E-state index contributed by atoms with van der Waals surface area (Å²) in [5, 5.41) is 71.0. The SMILES string of the molecule is CN(C(=O)OC(C)(C)C)[C@@H]1[C@@H](O)[C@@H](O[C@@H]2[C@@H](O)[C@H](C3OC(CNS(=O)(=O)c4ccccc4[N+](=O)[O-])=CC[C@H]3NC(=O)OC(C)(C)C)[C@@H](NC(=O)OC(C)(C)C)C[C@H]2NC(=O)C2(O)CC(NC(=O)OC(C)(C)C)C2)OC[C@]1(C)O. The van der Waals surface area contributed by atoms with Crippen molar-refractivity contribution in [1.29, 1.82) is 0 Å². The molecule has 0 spiro atoms. The van der Waals surface area contributed by atoms with E-state index in [9.17, 15) is 62.9 Å². The number of carbonyl (C=O) groups is 5. The van der Waals surface area contributed by atoms with Crippen LogP contribution < -0.4 is 26.0 Å². The highest BCUT2D eigenvalue weighted by molar-refractivity contribution is 7.89. The molecule has 1 aromatic rings. The quantitative estimate of drug-likeness (QED) is 0.0734. The number of rotatable bonds is 14. The number of para-hydroxylation sites is 1. The number of benzene rings is 1. The molecule has 5 rings (SSSR count). The molecule has 2 saturated carbocycles. The summed E-state index contributed by atoms with van der Waals surface area (Å²) < 4.78 is 70.5. The van der Waals surface area contributed by atoms with Crippen LogP contribution in [0.25, 0.3) is 0 Å². The Morgan fingerprint density at radius 2 is 1.31 bits per heavy atom. The van der Waals surface area contributed by atoms with Crippen LogP contribution in [0.15, 0.2) is 41.0 Å². The highest BCUT2D eigenvalue weighted by atomic mass is 32.2. The summed E-state index contributed by atoms with van der Waals surface area (Å²) in [5.41, 5.74) is -8.76. The fraction of sp³-hybridized carbons (Fsp3) is 0.740. The van der Waals surface area contributed by atoms with E-state index in [-0.39, 0.29) is 25.0 Å². The van der Waals surface area contributed by atoms with E-state index in [1.807, 2.05) is 0 Å². The second-order valence-electron chi connectivity index (χ2n) is 24.4. The van der Waals surface area contributed by atoms with Crippen LogP contribution in [-0.2, 0) is 48.0 Å². The zero-order chi connectivity index (χ0) is 58.9. The maximum Gasteiger partial charge on any atom is 0.410 e. The van der Waals surface area contributed by atoms with Gasteiger partial charge in [-0.1, -0.05) is 12.1 Å². The van der Waals surface area contributed by atoms with Gasteiger partial charge >= 0.3 is 24.4 Å². The van der Waals surface area contributed by atoms with Gasteiger partial charge in [0, 0.05) is 44.0 Å². The number of hydrogen-bond donors (Lipinski definition) is 9. The number of sulfonamides is 1. The molecule has 2 aliphatic heterocycles. The molecule has 5 amide bonds. The smallest absolute Gasteiger partial charge is 0.410 e. The van der Waals surface area contributed by atoms with Gasteiger partial charge in [0.2, 0.25) is 10.0 Å². The number of ether oxygens (including phenoxy) is 7. The summed E-state index contributed by atoms with van der Waals surface area (Å²) in [4.78, 5) is 79.0. The van der Waals surface area contributed by atoms with Gasteiger partial charge < -0.3 is 79.8 Å². The lowest BCUT2D eigenvalue weighted by atomic mass is 9.71. The highest BCUT2D eigenvalue weighted by Crippen LogP contribution is 2.40. The van der Waals surface area contributed by atoms with E-state index in [4.69, 9.17) is 33.2 Å². The maximum absolute atomic E-state index is 14.3. The van der Waals surface area contributed by atoms with Crippen molar-refractivity contribution in [1.82, 2.24) is 30.9 Å². The van der Waals surface area contributed by atoms with Crippen LogP contribution in [0.4, 0.5) is 24.9 Å². The van der Waals surface area contributed by atoms with Crippen molar-refractivity contribution < 1.29 is 90.9 Å². The average Bonchev–Trinajstić information content (AvgIpc) is 3.25. The van der Waals surface area contributed by atoms with Crippen molar-refractivity contribution in [3.05, 3.63) is 46.2 Å². The molecule has 1 unspecified atom stereocenters. The van der Waals surface area contributed by atoms with Crippen molar-refractivity contribution in [2.24, 2.45) is 5.92 Å². The molecule has 1 aromatic carbocycles. The van der Waals surface area contributed by atoms with Gasteiger partial charge in [-0.05, 0) is 115 Å². The predicted molar refractivity (Wildman–Crippen MR) is 275 cm³/mol. The lowest BCUT2D eigenvalue weighted by Gasteiger charge is -2.52. The maximum atomic E-state index is 14.3. The lowest BCUT2D eigenvalue weighted by Crippen LogP contribution is -2.72. The molecule has 440 valence electrons. The number of hydrogen-bond acceptors (Lipinski definition) is 20. The fourth-order valence-electron chi connectivity index (χ4n) is 9.59. The summed E-state index contributed by atoms with van der Waals surface area (Å²) in [5.74, 6) is -2.59. The zero-order valence-corrected chi connectivity index (χ0v) is 47.4. The Hall–Kier alpha value is -5.62. The van der Waals surface area contributed by atoms with Crippen molar-refractivity contribution in [3.8, 4) is 0 Å². The Bertz CT molecular complexity index is 2510. The molecule has 28 heteroatoms. The van der Waals surface area contributed by atoms with Crippen LogP contribution in [0.1, 0.15) is 116 Å². The molecule has 1 saturated heterocycles. The minimum Gasteiger partial charge on any atom is -0.491 e. The Kier molecular flexibility index (Phi) is 19.1. The first-order valence-corrected chi connectivity index (χ1v) is 27.0. The monoisotopic (exact) mass is 1130 g/mol. The van der Waals surface area contributed by atoms with Gasteiger partial charge in [0.05, 0.1) is 42.3 Å². The first-order valence-electron chi connectivity index (χ1n) is 25.5. The van der Waals surface area contributed by atoms with Crippen molar-refractivity contribution in [2.45, 2.75) is 215 Å². The van der Waals surface area contributed by atoms with Crippen molar-refractivity contribution in [3.63, 3.8) is 0 Å². The van der Waals surface area contributed by atoms with Crippen LogP contribution in [0.2, 0.25) is 0 Å². The standard InChI is InChI=1S/C50H79N7O20S/c1-45(2,3)74-41(61)52-26-22-50(66,23-26)40(60)53-30-21-29(55-43(63)76-47(7,8)9)33(34(58)37(30)73-39-35(59)38(49(13,65)25-71-39)56(14)44(64)77-48(10,11)12)36-28(54-42(62)75-46(4,5)6)20-19-27(72-36)24-51-78(69,70)32-18-16-15-17-31(32)57(67)68/h15-19,26,28-30,33-39,51,58-59,65-66H,20-25H2,1-14H3,(H,52,61)(H,53,60)(H,54,62)(H,55,63)/t26?,28-,29+,30-,33-,34+,35-,36?,37+,38-,39-,49+,50?/m1/s1. The summed E-state index contributed by atoms with van der Waals surface area (Å²) in [7, 11) is -3.34. The number of alkyl carbamates (subject to hydrolysis) is 3. The second-order valence-corrected chi connectivity index (χ2v) is 26.1. The van der Waals surface area contributed by atoms with Crippen molar-refractivity contribution in [2.75, 3.05) is 20.2 Å². The number of aliphatic hydroxyl groups is 4. The van der Waals surface area contributed by atoms with E-state index < -0.39 is 176 Å². The number of carbonyl (C=O) groups excluding carboxylic acids is 5. The van der Waals surface area contributed by atoms with Gasteiger partial charge in [-0.3, -0.25) is 14.9 Å². The number of nitro groups is 1. The molecule has 2 aliphatic carbocycles. The molecule has 27 nitrogen and oxygen atoms in total. The normalized spacial score (nSPS) is 30.6. The van der Waals surface area contributed by atoms with Crippen LogP contribution in [0.3, 0.4) is 0 Å². The molecule has 4 aliphatic rings. The Morgan fingerprint density at radius 3 is 1.85 bits per heavy atom. The van der Waals surface area contributed by atoms with E-state index in [1.54, 1.807) is 83.1 Å². The molecule has 9 N–H and O–H groups in total. The van der Waals surface area contributed by atoms with E-state index >= 15 is 0 Å². The number of nitro benzene ring substituents is 1. The van der Waals surface area contributed by atoms with Gasteiger partial charge in [-0.2, -0.15) is 0 Å². The van der Waals surface area contributed by atoms with Gasteiger partial charge in [0.15, 0.2) is 11.2 Å². The van der Waals surface area contributed by atoms with E-state index in [0.29, 0.717) is 0 Å². The van der Waals surface area contributed by atoms with Crippen LogP contribution in [0.5, 0.6) is 0 Å². The third-order valence-electron chi connectivity index (χ3n) is 12.8. The molecule has 0 aromatic heterocycles. The molecule has 78 heavy (non-hydrogen) atoms. The third-order valence-corrected chi connectivity index (χ3v) is 14.2. The Labute approximate surface area is 453 Å². The highest BCUT2D eigenvalue weighted by Gasteiger charge is 2.58. The largest absolute Gasteiger partial charge is 0.491 e. The zero-order valence-electron chi connectivity index (χ0n) is 46.6. The van der Waals surface area contributed by atoms with Gasteiger partial charge in [0.1, 0.15) is 57.7 Å². The van der Waals surface area contributed by atoms with E-state index in [1.165, 1.54) is 32.2 Å². The minimum absolute atomic E-state index is 0.108. The average molecular weight is 1130 g/mol. The Morgan fingerprint density at radius 1 is 0.782 bits per heavy atom. The number of nitrogens with zero attached hydrogens (tertiary/aromatic N) is 2. The van der Waals surface area contributed by atoms with Gasteiger partial charge in [0.25, 0.3) is 11.6 Å². The van der Waals surface area contributed by atoms with Crippen LogP contribution >= 0.6 is 0 Å².